The summed E-state index contributed by atoms with van der Waals surface area (Å²) in [7, 11) is 0. The molecule has 1 amide bonds. The third-order valence-corrected chi connectivity index (χ3v) is 6.27. The van der Waals surface area contributed by atoms with Crippen LogP contribution in [0.2, 0.25) is 0 Å². The number of esters is 2. The van der Waals surface area contributed by atoms with Crippen LogP contribution in [0.5, 0.6) is 0 Å². The number of carbonyl (C=O) groups is 3. The van der Waals surface area contributed by atoms with Crippen LogP contribution in [-0.2, 0) is 23.8 Å². The van der Waals surface area contributed by atoms with Crippen LogP contribution in [0, 0.1) is 0 Å². The minimum absolute atomic E-state index is 0.0933. The summed E-state index contributed by atoms with van der Waals surface area (Å²) in [5.74, 6) is -1.43. The molecule has 0 unspecified atom stereocenters. The normalized spacial score (nSPS) is 21.8. The molecule has 11 heteroatoms. The Hall–Kier alpha value is -3.05. The maximum Gasteiger partial charge on any atom is 0.351 e. The highest BCUT2D eigenvalue weighted by Gasteiger charge is 2.47. The Morgan fingerprint density at radius 1 is 1.18 bits per heavy atom. The number of ether oxygens (including phenoxy) is 3. The van der Waals surface area contributed by atoms with E-state index in [1.165, 1.54) is 24.6 Å². The summed E-state index contributed by atoms with van der Waals surface area (Å²) in [6, 6.07) is 8.57. The van der Waals surface area contributed by atoms with Crippen molar-refractivity contribution in [3.8, 4) is 0 Å². The van der Waals surface area contributed by atoms with Gasteiger partial charge in [0.05, 0.1) is 4.83 Å². The summed E-state index contributed by atoms with van der Waals surface area (Å²) < 4.78 is 17.7. The molecule has 0 spiro atoms. The largest absolute Gasteiger partial charge is 0.463 e. The van der Waals surface area contributed by atoms with Crippen LogP contribution in [0.1, 0.15) is 55.8 Å². The van der Waals surface area contributed by atoms with Crippen molar-refractivity contribution in [2.45, 2.75) is 56.9 Å². The molecule has 4 atom stereocenters. The fourth-order valence-electron chi connectivity index (χ4n) is 3.53. The first kappa shape index (κ1) is 25.6. The number of carbonyl (C=O) groups excluding carboxylic acids is 3. The van der Waals surface area contributed by atoms with E-state index < -0.39 is 46.8 Å². The average molecular weight is 536 g/mol. The fourth-order valence-corrected chi connectivity index (χ4v) is 4.17. The Labute approximate surface area is 204 Å². The van der Waals surface area contributed by atoms with Gasteiger partial charge in [-0.3, -0.25) is 19.0 Å². The standard InChI is InChI=1S/C23H26BrN3O7/c1-12(2)16-10-27(23(31)26-20(16)25-21(30)15-8-6-5-7-9-15)22-19(33-14(4)29)18(24)17(34-22)11-32-13(3)28/h5-10,12,17-19,22H,11H2,1-4H3,(H,25,26,30,31)/t17-,18+,19-,22-/m1/s1. The lowest BCUT2D eigenvalue weighted by Crippen LogP contribution is -2.37. The number of nitrogens with zero attached hydrogens (tertiary/aromatic N) is 2. The number of rotatable bonds is 7. The maximum atomic E-state index is 13.0. The van der Waals surface area contributed by atoms with Crippen LogP contribution in [0.15, 0.2) is 41.3 Å². The van der Waals surface area contributed by atoms with Crippen molar-refractivity contribution in [1.29, 1.82) is 0 Å². The molecule has 1 saturated heterocycles. The monoisotopic (exact) mass is 535 g/mol. The minimum Gasteiger partial charge on any atom is -0.463 e. The van der Waals surface area contributed by atoms with Crippen LogP contribution >= 0.6 is 15.9 Å². The first-order valence-electron chi connectivity index (χ1n) is 10.7. The molecule has 0 saturated carbocycles. The molecule has 1 aliphatic rings. The zero-order chi connectivity index (χ0) is 25.0. The van der Waals surface area contributed by atoms with Crippen LogP contribution in [0.25, 0.3) is 0 Å². The van der Waals surface area contributed by atoms with Gasteiger partial charge in [0.15, 0.2) is 12.3 Å². The number of hydrogen-bond acceptors (Lipinski definition) is 8. The average Bonchev–Trinajstić information content (AvgIpc) is 3.07. The Kier molecular flexibility index (Phi) is 8.21. The lowest BCUT2D eigenvalue weighted by Gasteiger charge is -2.23. The van der Waals surface area contributed by atoms with Crippen molar-refractivity contribution in [1.82, 2.24) is 9.55 Å². The minimum atomic E-state index is -1.02. The molecule has 0 bridgehead atoms. The van der Waals surface area contributed by atoms with Crippen LogP contribution in [-0.4, -0.2) is 51.0 Å². The van der Waals surface area contributed by atoms with Crippen molar-refractivity contribution in [3.05, 3.63) is 58.1 Å². The highest BCUT2D eigenvalue weighted by Crippen LogP contribution is 2.36. The second-order valence-corrected chi connectivity index (χ2v) is 9.15. The van der Waals surface area contributed by atoms with Gasteiger partial charge in [-0.1, -0.05) is 48.0 Å². The van der Waals surface area contributed by atoms with E-state index in [0.29, 0.717) is 11.1 Å². The number of halogens is 1. The first-order valence-corrected chi connectivity index (χ1v) is 11.6. The molecular weight excluding hydrogens is 510 g/mol. The van der Waals surface area contributed by atoms with E-state index in [4.69, 9.17) is 14.2 Å². The first-order chi connectivity index (χ1) is 16.1. The number of anilines is 1. The molecule has 1 aromatic carbocycles. The molecular formula is C23H26BrN3O7. The molecule has 1 N–H and O–H groups in total. The molecule has 2 heterocycles. The second-order valence-electron chi connectivity index (χ2n) is 8.10. The molecule has 34 heavy (non-hydrogen) atoms. The van der Waals surface area contributed by atoms with Crippen molar-refractivity contribution >= 4 is 39.6 Å². The van der Waals surface area contributed by atoms with E-state index in [1.807, 2.05) is 13.8 Å². The lowest BCUT2D eigenvalue weighted by atomic mass is 10.1. The maximum absolute atomic E-state index is 13.0. The van der Waals surface area contributed by atoms with Gasteiger partial charge in [0.25, 0.3) is 5.91 Å². The molecule has 0 aliphatic carbocycles. The van der Waals surface area contributed by atoms with Gasteiger partial charge in [-0.25, -0.2) is 4.79 Å². The summed E-state index contributed by atoms with van der Waals surface area (Å²) in [4.78, 5) is 52.2. The van der Waals surface area contributed by atoms with E-state index in [2.05, 4.69) is 26.2 Å². The molecule has 10 nitrogen and oxygen atoms in total. The smallest absolute Gasteiger partial charge is 0.351 e. The SMILES string of the molecule is CC(=O)OC[C@H]1O[C@@H](n2cc(C(C)C)c(NC(=O)c3ccccc3)nc2=O)[C@H](OC(C)=O)[C@H]1Br. The van der Waals surface area contributed by atoms with Gasteiger partial charge in [-0.05, 0) is 18.1 Å². The molecule has 2 aromatic rings. The topological polar surface area (TPSA) is 126 Å². The lowest BCUT2D eigenvalue weighted by molar-refractivity contribution is -0.153. The predicted octanol–water partition coefficient (Wildman–Crippen LogP) is 2.77. The van der Waals surface area contributed by atoms with Gasteiger partial charge in [0, 0.05) is 31.2 Å². The number of benzene rings is 1. The van der Waals surface area contributed by atoms with Gasteiger partial charge in [-0.2, -0.15) is 4.98 Å². The summed E-state index contributed by atoms with van der Waals surface area (Å²) in [6.45, 7) is 6.20. The molecule has 1 fully saturated rings. The number of hydrogen-bond donors (Lipinski definition) is 1. The van der Waals surface area contributed by atoms with Gasteiger partial charge < -0.3 is 19.5 Å². The van der Waals surface area contributed by atoms with E-state index in [1.54, 1.807) is 30.3 Å². The zero-order valence-corrected chi connectivity index (χ0v) is 20.8. The van der Waals surface area contributed by atoms with Gasteiger partial charge in [0.2, 0.25) is 0 Å². The third-order valence-electron chi connectivity index (χ3n) is 5.16. The number of alkyl halides is 1. The quantitative estimate of drug-likeness (QED) is 0.423. The van der Waals surface area contributed by atoms with Crippen molar-refractivity contribution in [3.63, 3.8) is 0 Å². The molecule has 0 radical (unpaired) electrons. The van der Waals surface area contributed by atoms with E-state index >= 15 is 0 Å². The van der Waals surface area contributed by atoms with E-state index in [0.717, 1.165) is 0 Å². The second kappa shape index (κ2) is 10.9. The van der Waals surface area contributed by atoms with Crippen molar-refractivity contribution in [2.24, 2.45) is 0 Å². The van der Waals surface area contributed by atoms with Crippen LogP contribution in [0.4, 0.5) is 5.82 Å². The Morgan fingerprint density at radius 2 is 1.85 bits per heavy atom. The summed E-state index contributed by atoms with van der Waals surface area (Å²) in [6.07, 6.45) is -1.05. The van der Waals surface area contributed by atoms with Gasteiger partial charge in [-0.15, -0.1) is 0 Å². The van der Waals surface area contributed by atoms with Gasteiger partial charge in [0.1, 0.15) is 18.5 Å². The highest BCUT2D eigenvalue weighted by molar-refractivity contribution is 9.09. The van der Waals surface area contributed by atoms with Crippen molar-refractivity contribution in [2.75, 3.05) is 11.9 Å². The molecule has 1 aromatic heterocycles. The Morgan fingerprint density at radius 3 is 2.44 bits per heavy atom. The third kappa shape index (κ3) is 5.89. The zero-order valence-electron chi connectivity index (χ0n) is 19.2. The Balaban J connectivity index is 1.96. The molecule has 3 rings (SSSR count). The highest BCUT2D eigenvalue weighted by atomic mass is 79.9. The molecule has 182 valence electrons. The summed E-state index contributed by atoms with van der Waals surface area (Å²) in [5.41, 5.74) is 0.305. The number of nitrogens with one attached hydrogen (secondary N) is 1. The van der Waals surface area contributed by atoms with Crippen LogP contribution < -0.4 is 11.0 Å². The van der Waals surface area contributed by atoms with E-state index in [-0.39, 0.29) is 18.3 Å². The van der Waals surface area contributed by atoms with Crippen LogP contribution in [0.3, 0.4) is 0 Å². The number of amides is 1. The van der Waals surface area contributed by atoms with E-state index in [9.17, 15) is 19.2 Å². The molecule has 1 aliphatic heterocycles. The summed E-state index contributed by atoms with van der Waals surface area (Å²) in [5, 5.41) is 2.70. The Bertz CT molecular complexity index is 1120. The summed E-state index contributed by atoms with van der Waals surface area (Å²) >= 11 is 3.45. The van der Waals surface area contributed by atoms with Gasteiger partial charge >= 0.3 is 17.6 Å². The number of aromatic nitrogens is 2. The fraction of sp³-hybridized carbons (Fsp3) is 0.435. The van der Waals surface area contributed by atoms with Crippen molar-refractivity contribution < 1.29 is 28.6 Å². The predicted molar refractivity (Wildman–Crippen MR) is 126 cm³/mol.